The topological polar surface area (TPSA) is 77.4 Å². The van der Waals surface area contributed by atoms with E-state index in [1.807, 2.05) is 26.8 Å². The monoisotopic (exact) mass is 386 g/mol. The third-order valence-electron chi connectivity index (χ3n) is 4.19. The highest BCUT2D eigenvalue weighted by Gasteiger charge is 2.26. The number of hydrogen-bond donors (Lipinski definition) is 1. The molecule has 0 unspecified atom stereocenters. The second-order valence-corrected chi connectivity index (χ2v) is 8.95. The Morgan fingerprint density at radius 3 is 2.30 bits per heavy atom. The van der Waals surface area contributed by atoms with Gasteiger partial charge in [-0.2, -0.15) is 0 Å². The zero-order valence-corrected chi connectivity index (χ0v) is 16.5. The SMILES string of the molecule is COc1ccc(S(=O)(=O)Nc2cccc3ccn(C(=O)C(C)(C)C)c23)cc1. The zero-order chi connectivity index (χ0) is 19.8. The Morgan fingerprint density at radius 1 is 1.04 bits per heavy atom. The summed E-state index contributed by atoms with van der Waals surface area (Å²) in [5, 5.41) is 0.780. The predicted octanol–water partition coefficient (Wildman–Crippen LogP) is 4.14. The van der Waals surface area contributed by atoms with E-state index in [-0.39, 0.29) is 10.8 Å². The van der Waals surface area contributed by atoms with Gasteiger partial charge < -0.3 is 4.74 Å². The van der Waals surface area contributed by atoms with Crippen LogP contribution in [0.1, 0.15) is 25.6 Å². The smallest absolute Gasteiger partial charge is 0.261 e. The van der Waals surface area contributed by atoms with Crippen LogP contribution in [0.25, 0.3) is 10.9 Å². The molecule has 0 radical (unpaired) electrons. The number of carbonyl (C=O) groups excluding carboxylic acids is 1. The summed E-state index contributed by atoms with van der Waals surface area (Å²) in [7, 11) is -2.30. The van der Waals surface area contributed by atoms with Gasteiger partial charge in [-0.15, -0.1) is 0 Å². The molecular formula is C20H22N2O4S. The van der Waals surface area contributed by atoms with Gasteiger partial charge in [0, 0.05) is 17.0 Å². The molecule has 0 bridgehead atoms. The molecule has 6 nitrogen and oxygen atoms in total. The van der Waals surface area contributed by atoms with Crippen molar-refractivity contribution in [3.8, 4) is 5.75 Å². The van der Waals surface area contributed by atoms with Crippen molar-refractivity contribution in [1.82, 2.24) is 4.57 Å². The minimum atomic E-state index is -3.82. The predicted molar refractivity (Wildman–Crippen MR) is 106 cm³/mol. The second-order valence-electron chi connectivity index (χ2n) is 7.27. The average Bonchev–Trinajstić information content (AvgIpc) is 3.05. The molecule has 7 heteroatoms. The molecule has 3 rings (SSSR count). The van der Waals surface area contributed by atoms with Crippen LogP contribution in [0, 0.1) is 5.41 Å². The molecule has 2 aromatic carbocycles. The lowest BCUT2D eigenvalue weighted by atomic mass is 9.95. The minimum Gasteiger partial charge on any atom is -0.497 e. The lowest BCUT2D eigenvalue weighted by molar-refractivity contribution is 0.0773. The van der Waals surface area contributed by atoms with Crippen LogP contribution >= 0.6 is 0 Å². The van der Waals surface area contributed by atoms with Crippen LogP contribution in [0.5, 0.6) is 5.75 Å². The molecule has 27 heavy (non-hydrogen) atoms. The quantitative estimate of drug-likeness (QED) is 0.731. The van der Waals surface area contributed by atoms with Gasteiger partial charge >= 0.3 is 0 Å². The number of ether oxygens (including phenoxy) is 1. The summed E-state index contributed by atoms with van der Waals surface area (Å²) in [6, 6.07) is 13.1. The molecule has 3 aromatic rings. The second kappa shape index (κ2) is 6.74. The van der Waals surface area contributed by atoms with Crippen LogP contribution < -0.4 is 9.46 Å². The number of rotatable bonds is 4. The molecule has 0 fully saturated rings. The number of fused-ring (bicyclic) bond motifs is 1. The van der Waals surface area contributed by atoms with Crippen LogP contribution in [0.2, 0.25) is 0 Å². The average molecular weight is 386 g/mol. The first kappa shape index (κ1) is 19.0. The summed E-state index contributed by atoms with van der Waals surface area (Å²) < 4.78 is 34.8. The number of aromatic nitrogens is 1. The van der Waals surface area contributed by atoms with Gasteiger partial charge in [-0.1, -0.05) is 32.9 Å². The van der Waals surface area contributed by atoms with Crippen LogP contribution in [0.3, 0.4) is 0 Å². The number of benzene rings is 2. The Labute approximate surface area is 158 Å². The van der Waals surface area contributed by atoms with E-state index in [4.69, 9.17) is 4.74 Å². The highest BCUT2D eigenvalue weighted by molar-refractivity contribution is 7.92. The van der Waals surface area contributed by atoms with Gasteiger partial charge in [0.1, 0.15) is 5.75 Å². The van der Waals surface area contributed by atoms with Gasteiger partial charge in [0.15, 0.2) is 0 Å². The van der Waals surface area contributed by atoms with Crippen molar-refractivity contribution in [3.05, 3.63) is 54.7 Å². The Hall–Kier alpha value is -2.80. The molecule has 0 aliphatic heterocycles. The molecule has 142 valence electrons. The van der Waals surface area contributed by atoms with Gasteiger partial charge in [-0.3, -0.25) is 14.1 Å². The maximum absolute atomic E-state index is 12.8. The highest BCUT2D eigenvalue weighted by Crippen LogP contribution is 2.29. The van der Waals surface area contributed by atoms with E-state index in [2.05, 4.69) is 4.72 Å². The van der Waals surface area contributed by atoms with E-state index in [9.17, 15) is 13.2 Å². The van der Waals surface area contributed by atoms with Gasteiger partial charge in [0.25, 0.3) is 10.0 Å². The number of carbonyl (C=O) groups is 1. The maximum Gasteiger partial charge on any atom is 0.261 e. The number of nitrogens with one attached hydrogen (secondary N) is 1. The number of anilines is 1. The lowest BCUT2D eigenvalue weighted by Crippen LogP contribution is -2.26. The molecule has 1 N–H and O–H groups in total. The largest absolute Gasteiger partial charge is 0.497 e. The van der Waals surface area contributed by atoms with E-state index in [0.717, 1.165) is 5.39 Å². The normalized spacial score (nSPS) is 12.1. The number of sulfonamides is 1. The summed E-state index contributed by atoms with van der Waals surface area (Å²) in [4.78, 5) is 12.9. The molecule has 1 aromatic heterocycles. The Kier molecular flexibility index (Phi) is 4.73. The third-order valence-corrected chi connectivity index (χ3v) is 5.57. The minimum absolute atomic E-state index is 0.112. The molecule has 0 atom stereocenters. The molecule has 0 aliphatic rings. The Balaban J connectivity index is 2.06. The molecule has 0 aliphatic carbocycles. The number of nitrogens with zero attached hydrogens (tertiary/aromatic N) is 1. The lowest BCUT2D eigenvalue weighted by Gasteiger charge is -2.19. The zero-order valence-electron chi connectivity index (χ0n) is 15.7. The van der Waals surface area contributed by atoms with Crippen molar-refractivity contribution in [2.45, 2.75) is 25.7 Å². The maximum atomic E-state index is 12.8. The van der Waals surface area contributed by atoms with Gasteiger partial charge in [-0.25, -0.2) is 8.42 Å². The number of hydrogen-bond acceptors (Lipinski definition) is 4. The molecular weight excluding hydrogens is 364 g/mol. The molecule has 0 saturated heterocycles. The molecule has 1 heterocycles. The van der Waals surface area contributed by atoms with E-state index < -0.39 is 15.4 Å². The summed E-state index contributed by atoms with van der Waals surface area (Å²) in [6.45, 7) is 5.47. The van der Waals surface area contributed by atoms with Crippen molar-refractivity contribution in [1.29, 1.82) is 0 Å². The standard InChI is InChI=1S/C20H22N2O4S/c1-20(2,3)19(23)22-13-12-14-6-5-7-17(18(14)22)21-27(24,25)16-10-8-15(26-4)9-11-16/h5-13,21H,1-4H3. The third kappa shape index (κ3) is 3.68. The molecule has 0 saturated carbocycles. The fourth-order valence-corrected chi connectivity index (χ4v) is 3.83. The fraction of sp³-hybridized carbons (Fsp3) is 0.250. The Morgan fingerprint density at radius 2 is 1.70 bits per heavy atom. The summed E-state index contributed by atoms with van der Waals surface area (Å²) >= 11 is 0. The van der Waals surface area contributed by atoms with Crippen molar-refractivity contribution < 1.29 is 17.9 Å². The number of para-hydroxylation sites is 1. The van der Waals surface area contributed by atoms with Gasteiger partial charge in [0.05, 0.1) is 23.2 Å². The Bertz CT molecular complexity index is 1090. The first-order valence-corrected chi connectivity index (χ1v) is 9.93. The first-order valence-electron chi connectivity index (χ1n) is 8.45. The van der Waals surface area contributed by atoms with E-state index in [1.54, 1.807) is 36.5 Å². The molecule has 0 spiro atoms. The van der Waals surface area contributed by atoms with E-state index in [1.165, 1.54) is 23.8 Å². The summed E-state index contributed by atoms with van der Waals surface area (Å²) in [5.74, 6) is 0.453. The first-order chi connectivity index (χ1) is 12.6. The van der Waals surface area contributed by atoms with Crippen LogP contribution in [0.4, 0.5) is 5.69 Å². The summed E-state index contributed by atoms with van der Waals surface area (Å²) in [6.07, 6.45) is 1.67. The van der Waals surface area contributed by atoms with Crippen molar-refractivity contribution in [2.24, 2.45) is 5.41 Å². The van der Waals surface area contributed by atoms with Crippen molar-refractivity contribution in [2.75, 3.05) is 11.8 Å². The van der Waals surface area contributed by atoms with Gasteiger partial charge in [-0.05, 0) is 36.4 Å². The van der Waals surface area contributed by atoms with Crippen LogP contribution in [-0.4, -0.2) is 26.0 Å². The number of methoxy groups -OCH3 is 1. The van der Waals surface area contributed by atoms with E-state index in [0.29, 0.717) is 17.0 Å². The van der Waals surface area contributed by atoms with Crippen molar-refractivity contribution >= 4 is 32.5 Å². The van der Waals surface area contributed by atoms with Crippen LogP contribution in [-0.2, 0) is 10.0 Å². The summed E-state index contributed by atoms with van der Waals surface area (Å²) in [5.41, 5.74) is 0.286. The molecule has 0 amide bonds. The van der Waals surface area contributed by atoms with Crippen molar-refractivity contribution in [3.63, 3.8) is 0 Å². The van der Waals surface area contributed by atoms with E-state index >= 15 is 0 Å². The highest BCUT2D eigenvalue weighted by atomic mass is 32.2. The fourth-order valence-electron chi connectivity index (χ4n) is 2.77. The van der Waals surface area contributed by atoms with Gasteiger partial charge in [0.2, 0.25) is 5.91 Å². The van der Waals surface area contributed by atoms with Crippen LogP contribution in [0.15, 0.2) is 59.6 Å².